The number of likely N-dealkylation sites (tertiary alicyclic amines) is 1. The van der Waals surface area contributed by atoms with Crippen molar-refractivity contribution in [1.82, 2.24) is 15.1 Å². The Labute approximate surface area is 217 Å². The smallest absolute Gasteiger partial charge is 0.241 e. The molecule has 2 amide bonds. The molecule has 0 radical (unpaired) electrons. The molecule has 1 aromatic carbocycles. The Hall–Kier alpha value is -3.04. The van der Waals surface area contributed by atoms with E-state index in [1.165, 1.54) is 5.56 Å². The summed E-state index contributed by atoms with van der Waals surface area (Å²) >= 11 is 5.38. The molecule has 1 aliphatic carbocycles. The molecule has 1 N–H and O–H groups in total. The minimum atomic E-state index is -0.484. The SMILES string of the molecule is O=C(CCCCCN1C(=O)C2C=C3OCOC3=CC2=NC1=S)NC1CCN(Cc2ccccc2)CC1. The maximum absolute atomic E-state index is 13.0. The molecule has 0 saturated carbocycles. The Morgan fingerprint density at radius 1 is 1.08 bits per heavy atom. The second-order valence-electron chi connectivity index (χ2n) is 9.65. The number of aliphatic imine (C=N–C) groups is 1. The Morgan fingerprint density at radius 2 is 1.86 bits per heavy atom. The van der Waals surface area contributed by atoms with Crippen molar-refractivity contribution in [2.75, 3.05) is 26.4 Å². The lowest BCUT2D eigenvalue weighted by molar-refractivity contribution is -0.128. The number of allylic oxidation sites excluding steroid dienone is 1. The van der Waals surface area contributed by atoms with Gasteiger partial charge < -0.3 is 14.8 Å². The van der Waals surface area contributed by atoms with Gasteiger partial charge in [-0.05, 0) is 49.5 Å². The molecule has 4 aliphatic rings. The lowest BCUT2D eigenvalue weighted by atomic mass is 9.93. The number of unbranched alkanes of at least 4 members (excludes halogenated alkanes) is 2. The van der Waals surface area contributed by atoms with Crippen LogP contribution >= 0.6 is 12.2 Å². The van der Waals surface area contributed by atoms with Crippen molar-refractivity contribution in [2.45, 2.75) is 51.1 Å². The van der Waals surface area contributed by atoms with E-state index in [-0.39, 0.29) is 29.8 Å². The van der Waals surface area contributed by atoms with Crippen LogP contribution in [0.1, 0.15) is 44.1 Å². The lowest BCUT2D eigenvalue weighted by Gasteiger charge is -2.32. The van der Waals surface area contributed by atoms with E-state index in [2.05, 4.69) is 39.5 Å². The summed E-state index contributed by atoms with van der Waals surface area (Å²) in [5.74, 6) is 0.741. The quantitative estimate of drug-likeness (QED) is 0.407. The average molecular weight is 509 g/mol. The second-order valence-corrected chi connectivity index (χ2v) is 10.0. The molecular weight excluding hydrogens is 476 g/mol. The molecule has 36 heavy (non-hydrogen) atoms. The molecule has 3 aliphatic heterocycles. The van der Waals surface area contributed by atoms with Gasteiger partial charge in [0.25, 0.3) is 0 Å². The lowest BCUT2D eigenvalue weighted by Crippen LogP contribution is -2.46. The number of piperidine rings is 1. The first-order chi connectivity index (χ1) is 17.6. The van der Waals surface area contributed by atoms with Gasteiger partial charge in [0.05, 0.1) is 5.71 Å². The molecule has 1 aromatic rings. The normalized spacial score (nSPS) is 22.1. The summed E-state index contributed by atoms with van der Waals surface area (Å²) in [7, 11) is 0. The van der Waals surface area contributed by atoms with Crippen LogP contribution in [0.4, 0.5) is 0 Å². The first-order valence-electron chi connectivity index (χ1n) is 12.8. The van der Waals surface area contributed by atoms with E-state index in [0.717, 1.165) is 51.7 Å². The molecule has 1 atom stereocenters. The first-order valence-corrected chi connectivity index (χ1v) is 13.2. The zero-order chi connectivity index (χ0) is 24.9. The van der Waals surface area contributed by atoms with Crippen molar-refractivity contribution < 1.29 is 19.1 Å². The van der Waals surface area contributed by atoms with Gasteiger partial charge in [-0.25, -0.2) is 4.99 Å². The number of thiocarbonyl (C=S) groups is 1. The minimum absolute atomic E-state index is 0.0837. The summed E-state index contributed by atoms with van der Waals surface area (Å²) in [6.07, 6.45) is 8.37. The van der Waals surface area contributed by atoms with Crippen LogP contribution in [0.15, 0.2) is 59.0 Å². The van der Waals surface area contributed by atoms with Crippen molar-refractivity contribution >= 4 is 34.9 Å². The fourth-order valence-electron chi connectivity index (χ4n) is 5.05. The van der Waals surface area contributed by atoms with Crippen LogP contribution in [0.25, 0.3) is 0 Å². The molecule has 0 bridgehead atoms. The van der Waals surface area contributed by atoms with Crippen LogP contribution in [-0.2, 0) is 25.6 Å². The van der Waals surface area contributed by atoms with Crippen molar-refractivity contribution in [1.29, 1.82) is 0 Å². The summed E-state index contributed by atoms with van der Waals surface area (Å²) < 4.78 is 10.8. The summed E-state index contributed by atoms with van der Waals surface area (Å²) in [6, 6.07) is 10.8. The van der Waals surface area contributed by atoms with E-state index < -0.39 is 5.92 Å². The van der Waals surface area contributed by atoms with E-state index in [9.17, 15) is 9.59 Å². The third-order valence-corrected chi connectivity index (χ3v) is 7.37. The number of amides is 2. The highest BCUT2D eigenvalue weighted by Gasteiger charge is 2.38. The number of nitrogens with one attached hydrogen (secondary N) is 1. The largest absolute Gasteiger partial charge is 0.454 e. The van der Waals surface area contributed by atoms with Crippen molar-refractivity contribution in [3.63, 3.8) is 0 Å². The van der Waals surface area contributed by atoms with Gasteiger partial charge in [-0.15, -0.1) is 0 Å². The number of hydrogen-bond acceptors (Lipinski definition) is 6. The zero-order valence-electron chi connectivity index (χ0n) is 20.4. The fourth-order valence-corrected chi connectivity index (χ4v) is 5.34. The fraction of sp³-hybridized carbons (Fsp3) is 0.481. The number of hydrogen-bond donors (Lipinski definition) is 1. The molecule has 8 nitrogen and oxygen atoms in total. The molecule has 1 unspecified atom stereocenters. The minimum Gasteiger partial charge on any atom is -0.454 e. The maximum Gasteiger partial charge on any atom is 0.241 e. The Morgan fingerprint density at radius 3 is 2.67 bits per heavy atom. The van der Waals surface area contributed by atoms with Gasteiger partial charge in [0.2, 0.25) is 23.7 Å². The van der Waals surface area contributed by atoms with E-state index in [1.54, 1.807) is 17.1 Å². The van der Waals surface area contributed by atoms with Gasteiger partial charge in [0.1, 0.15) is 5.92 Å². The molecular formula is C27H32N4O4S. The molecule has 190 valence electrons. The first kappa shape index (κ1) is 24.6. The van der Waals surface area contributed by atoms with Crippen LogP contribution in [0, 0.1) is 5.92 Å². The number of benzene rings is 1. The Balaban J connectivity index is 0.985. The molecule has 3 heterocycles. The van der Waals surface area contributed by atoms with Crippen LogP contribution < -0.4 is 5.32 Å². The maximum atomic E-state index is 13.0. The van der Waals surface area contributed by atoms with Gasteiger partial charge in [-0.1, -0.05) is 36.8 Å². The molecule has 9 heteroatoms. The standard InChI is InChI=1S/C27H32N4O4S/c32-25(28-20-10-13-30(14-11-20)17-19-7-3-1-4-8-19)9-5-2-6-12-31-26(33)21-15-23-24(35-18-34-23)16-22(21)29-27(31)36/h1,3-4,7-8,15-16,20-21H,2,5-6,9-14,17-18H2,(H,28,32). The van der Waals surface area contributed by atoms with Crippen LogP contribution in [-0.4, -0.2) is 64.9 Å². The predicted octanol–water partition coefficient (Wildman–Crippen LogP) is 3.30. The number of nitrogens with zero attached hydrogens (tertiary/aromatic N) is 3. The highest BCUT2D eigenvalue weighted by atomic mass is 32.1. The zero-order valence-corrected chi connectivity index (χ0v) is 21.2. The molecule has 0 spiro atoms. The number of carbonyl (C=O) groups is 2. The van der Waals surface area contributed by atoms with Crippen LogP contribution in [0.3, 0.4) is 0 Å². The van der Waals surface area contributed by atoms with Crippen molar-refractivity contribution in [2.24, 2.45) is 10.9 Å². The van der Waals surface area contributed by atoms with Crippen molar-refractivity contribution in [3.05, 3.63) is 59.6 Å². The third kappa shape index (κ3) is 5.84. The van der Waals surface area contributed by atoms with E-state index in [1.807, 2.05) is 6.07 Å². The van der Waals surface area contributed by atoms with Crippen LogP contribution in [0.2, 0.25) is 0 Å². The third-order valence-electron chi connectivity index (χ3n) is 7.06. The van der Waals surface area contributed by atoms with Crippen molar-refractivity contribution in [3.8, 4) is 0 Å². The second kappa shape index (κ2) is 11.3. The number of ether oxygens (including phenoxy) is 2. The highest BCUT2D eigenvalue weighted by Crippen LogP contribution is 2.31. The topological polar surface area (TPSA) is 83.5 Å². The van der Waals surface area contributed by atoms with Crippen LogP contribution in [0.5, 0.6) is 0 Å². The van der Waals surface area contributed by atoms with Gasteiger partial charge in [0.15, 0.2) is 11.5 Å². The summed E-state index contributed by atoms with van der Waals surface area (Å²) in [5, 5.41) is 3.49. The molecule has 5 rings (SSSR count). The van der Waals surface area contributed by atoms with E-state index in [4.69, 9.17) is 21.7 Å². The molecule has 2 saturated heterocycles. The number of rotatable bonds is 9. The van der Waals surface area contributed by atoms with Gasteiger partial charge in [0, 0.05) is 44.7 Å². The van der Waals surface area contributed by atoms with Gasteiger partial charge in [-0.2, -0.15) is 0 Å². The summed E-state index contributed by atoms with van der Waals surface area (Å²) in [6.45, 7) is 3.63. The van der Waals surface area contributed by atoms with Gasteiger partial charge in [-0.3, -0.25) is 19.4 Å². The van der Waals surface area contributed by atoms with E-state index in [0.29, 0.717) is 30.2 Å². The number of fused-ring (bicyclic) bond motifs is 2. The summed E-state index contributed by atoms with van der Waals surface area (Å²) in [5.41, 5.74) is 1.94. The summed E-state index contributed by atoms with van der Waals surface area (Å²) in [4.78, 5) is 33.9. The predicted molar refractivity (Wildman–Crippen MR) is 140 cm³/mol. The molecule has 2 fully saturated rings. The molecule has 0 aromatic heterocycles. The average Bonchev–Trinajstić information content (AvgIpc) is 3.34. The highest BCUT2D eigenvalue weighted by molar-refractivity contribution is 7.80. The van der Waals surface area contributed by atoms with Gasteiger partial charge >= 0.3 is 0 Å². The monoisotopic (exact) mass is 508 g/mol. The van der Waals surface area contributed by atoms with E-state index >= 15 is 0 Å². The Bertz CT molecular complexity index is 1090. The Kier molecular flexibility index (Phi) is 7.77. The number of carbonyl (C=O) groups excluding carboxylic acids is 2.